The normalized spacial score (nSPS) is 21.5. The first-order valence-electron chi connectivity index (χ1n) is 9.09. The highest BCUT2D eigenvalue weighted by Crippen LogP contribution is 2.22. The second-order valence-electron chi connectivity index (χ2n) is 6.94. The summed E-state index contributed by atoms with van der Waals surface area (Å²) in [6.07, 6.45) is 7.35. The molecule has 2 aliphatic rings. The number of carbonyl (C=O) groups is 2. The minimum absolute atomic E-state index is 0.0793. The van der Waals surface area contributed by atoms with Crippen LogP contribution in [0.3, 0.4) is 0 Å². The molecule has 1 aromatic carbocycles. The molecule has 1 saturated carbocycles. The number of carbonyl (C=O) groups excluding carboxylic acids is 2. The standard InChI is InChI=1S/C19H27N3O2/c1-14-8-5-6-11-16(14)21-18(23)17-12-7-13-22(17)19(24)20-15-9-3-2-4-10-15/h5-6,8,11,15,17H,2-4,7,9-10,12-13H2,1H3,(H,20,24)(H,21,23)/t17-/m0/s1. The van der Waals surface area contributed by atoms with Crippen molar-refractivity contribution < 1.29 is 9.59 Å². The topological polar surface area (TPSA) is 61.4 Å². The lowest BCUT2D eigenvalue weighted by molar-refractivity contribution is -0.119. The van der Waals surface area contributed by atoms with Gasteiger partial charge in [-0.2, -0.15) is 0 Å². The number of rotatable bonds is 3. The fourth-order valence-electron chi connectivity index (χ4n) is 3.72. The lowest BCUT2D eigenvalue weighted by Crippen LogP contribution is -2.50. The van der Waals surface area contributed by atoms with Crippen molar-refractivity contribution in [1.29, 1.82) is 0 Å². The summed E-state index contributed by atoms with van der Waals surface area (Å²) in [5, 5.41) is 6.11. The van der Waals surface area contributed by atoms with E-state index in [0.29, 0.717) is 6.54 Å². The van der Waals surface area contributed by atoms with Gasteiger partial charge in [0, 0.05) is 18.3 Å². The minimum atomic E-state index is -0.367. The van der Waals surface area contributed by atoms with Crippen molar-refractivity contribution in [1.82, 2.24) is 10.2 Å². The molecular formula is C19H27N3O2. The maximum Gasteiger partial charge on any atom is 0.318 e. The third kappa shape index (κ3) is 3.89. The van der Waals surface area contributed by atoms with Gasteiger partial charge in [0.25, 0.3) is 0 Å². The lowest BCUT2D eigenvalue weighted by atomic mass is 9.96. The smallest absolute Gasteiger partial charge is 0.318 e. The van der Waals surface area contributed by atoms with E-state index in [1.54, 1.807) is 4.90 Å². The first-order valence-corrected chi connectivity index (χ1v) is 9.09. The maximum atomic E-state index is 12.6. The Morgan fingerprint density at radius 3 is 2.54 bits per heavy atom. The first kappa shape index (κ1) is 16.8. The highest BCUT2D eigenvalue weighted by atomic mass is 16.2. The Balaban J connectivity index is 1.60. The van der Waals surface area contributed by atoms with Crippen LogP contribution in [0.25, 0.3) is 0 Å². The number of likely N-dealkylation sites (tertiary alicyclic amines) is 1. The molecule has 1 heterocycles. The van der Waals surface area contributed by atoms with Gasteiger partial charge in [-0.05, 0) is 44.2 Å². The van der Waals surface area contributed by atoms with Crippen molar-refractivity contribution in [2.45, 2.75) is 64.0 Å². The van der Waals surface area contributed by atoms with Crippen LogP contribution in [0.5, 0.6) is 0 Å². The van der Waals surface area contributed by atoms with Crippen LogP contribution in [0.2, 0.25) is 0 Å². The lowest BCUT2D eigenvalue weighted by Gasteiger charge is -2.29. The third-order valence-electron chi connectivity index (χ3n) is 5.15. The van der Waals surface area contributed by atoms with Crippen LogP contribution in [-0.2, 0) is 4.79 Å². The van der Waals surface area contributed by atoms with Crippen molar-refractivity contribution in [2.75, 3.05) is 11.9 Å². The van der Waals surface area contributed by atoms with Crippen LogP contribution in [0.15, 0.2) is 24.3 Å². The number of aryl methyl sites for hydroxylation is 1. The Morgan fingerprint density at radius 2 is 1.79 bits per heavy atom. The highest BCUT2D eigenvalue weighted by Gasteiger charge is 2.35. The number of urea groups is 1. The SMILES string of the molecule is Cc1ccccc1NC(=O)[C@@H]1CCCN1C(=O)NC1CCCCC1. The molecular weight excluding hydrogens is 302 g/mol. The molecule has 130 valence electrons. The molecule has 1 aliphatic heterocycles. The summed E-state index contributed by atoms with van der Waals surface area (Å²) >= 11 is 0. The quantitative estimate of drug-likeness (QED) is 0.892. The molecule has 1 aromatic rings. The van der Waals surface area contributed by atoms with Gasteiger partial charge in [-0.3, -0.25) is 4.79 Å². The molecule has 3 rings (SSSR count). The molecule has 5 heteroatoms. The number of anilines is 1. The molecule has 5 nitrogen and oxygen atoms in total. The largest absolute Gasteiger partial charge is 0.335 e. The number of hydrogen-bond donors (Lipinski definition) is 2. The van der Waals surface area contributed by atoms with Gasteiger partial charge in [0.05, 0.1) is 0 Å². The molecule has 2 fully saturated rings. The fraction of sp³-hybridized carbons (Fsp3) is 0.579. The third-order valence-corrected chi connectivity index (χ3v) is 5.15. The van der Waals surface area contributed by atoms with Crippen molar-refractivity contribution in [3.05, 3.63) is 29.8 Å². The zero-order chi connectivity index (χ0) is 16.9. The van der Waals surface area contributed by atoms with Crippen LogP contribution >= 0.6 is 0 Å². The predicted molar refractivity (Wildman–Crippen MR) is 94.9 cm³/mol. The summed E-state index contributed by atoms with van der Waals surface area (Å²) in [5.74, 6) is -0.0828. The Kier molecular flexibility index (Phi) is 5.38. The Bertz CT molecular complexity index is 596. The average Bonchev–Trinajstić information content (AvgIpc) is 3.08. The van der Waals surface area contributed by atoms with E-state index in [9.17, 15) is 9.59 Å². The second kappa shape index (κ2) is 7.69. The van der Waals surface area contributed by atoms with Crippen molar-refractivity contribution in [2.24, 2.45) is 0 Å². The molecule has 0 spiro atoms. The fourth-order valence-corrected chi connectivity index (χ4v) is 3.72. The number of para-hydroxylation sites is 1. The molecule has 0 radical (unpaired) electrons. The van der Waals surface area contributed by atoms with E-state index in [4.69, 9.17) is 0 Å². The number of nitrogens with one attached hydrogen (secondary N) is 2. The molecule has 1 saturated heterocycles. The van der Waals surface area contributed by atoms with E-state index in [2.05, 4.69) is 10.6 Å². The molecule has 2 N–H and O–H groups in total. The molecule has 0 unspecified atom stereocenters. The molecule has 1 atom stereocenters. The zero-order valence-electron chi connectivity index (χ0n) is 14.4. The van der Waals surface area contributed by atoms with Crippen molar-refractivity contribution in [3.63, 3.8) is 0 Å². The molecule has 24 heavy (non-hydrogen) atoms. The number of amides is 3. The summed E-state index contributed by atoms with van der Waals surface area (Å²) in [4.78, 5) is 26.9. The summed E-state index contributed by atoms with van der Waals surface area (Å²) in [7, 11) is 0. The van der Waals surface area contributed by atoms with E-state index in [-0.39, 0.29) is 24.0 Å². The van der Waals surface area contributed by atoms with E-state index in [1.807, 2.05) is 31.2 Å². The zero-order valence-corrected chi connectivity index (χ0v) is 14.4. The van der Waals surface area contributed by atoms with E-state index >= 15 is 0 Å². The molecule has 3 amide bonds. The van der Waals surface area contributed by atoms with Gasteiger partial charge >= 0.3 is 6.03 Å². The van der Waals surface area contributed by atoms with Crippen molar-refractivity contribution in [3.8, 4) is 0 Å². The Labute approximate surface area is 143 Å². The second-order valence-corrected chi connectivity index (χ2v) is 6.94. The van der Waals surface area contributed by atoms with E-state index < -0.39 is 0 Å². The number of nitrogens with zero attached hydrogens (tertiary/aromatic N) is 1. The number of hydrogen-bond acceptors (Lipinski definition) is 2. The predicted octanol–water partition coefficient (Wildman–Crippen LogP) is 3.44. The van der Waals surface area contributed by atoms with Gasteiger partial charge in [0.1, 0.15) is 6.04 Å². The summed E-state index contributed by atoms with van der Waals surface area (Å²) < 4.78 is 0. The molecule has 1 aliphatic carbocycles. The highest BCUT2D eigenvalue weighted by molar-refractivity contribution is 5.97. The number of benzene rings is 1. The Morgan fingerprint density at radius 1 is 1.04 bits per heavy atom. The van der Waals surface area contributed by atoms with E-state index in [0.717, 1.165) is 36.9 Å². The van der Waals surface area contributed by atoms with Crippen LogP contribution in [0, 0.1) is 6.92 Å². The average molecular weight is 329 g/mol. The van der Waals surface area contributed by atoms with Gasteiger partial charge < -0.3 is 15.5 Å². The minimum Gasteiger partial charge on any atom is -0.335 e. The monoisotopic (exact) mass is 329 g/mol. The Hall–Kier alpha value is -2.04. The van der Waals surface area contributed by atoms with Crippen LogP contribution in [-0.4, -0.2) is 35.5 Å². The van der Waals surface area contributed by atoms with Gasteiger partial charge in [-0.1, -0.05) is 37.5 Å². The summed E-state index contributed by atoms with van der Waals surface area (Å²) in [5.41, 5.74) is 1.85. The van der Waals surface area contributed by atoms with Gasteiger partial charge in [0.15, 0.2) is 0 Å². The molecule has 0 aromatic heterocycles. The van der Waals surface area contributed by atoms with Gasteiger partial charge in [0.2, 0.25) is 5.91 Å². The van der Waals surface area contributed by atoms with Crippen LogP contribution in [0.1, 0.15) is 50.5 Å². The molecule has 0 bridgehead atoms. The summed E-state index contributed by atoms with van der Waals surface area (Å²) in [6, 6.07) is 7.55. The van der Waals surface area contributed by atoms with Crippen LogP contribution < -0.4 is 10.6 Å². The van der Waals surface area contributed by atoms with E-state index in [1.165, 1.54) is 19.3 Å². The van der Waals surface area contributed by atoms with Gasteiger partial charge in [-0.25, -0.2) is 4.79 Å². The van der Waals surface area contributed by atoms with Crippen molar-refractivity contribution >= 4 is 17.6 Å². The van der Waals surface area contributed by atoms with Crippen LogP contribution in [0.4, 0.5) is 10.5 Å². The summed E-state index contributed by atoms with van der Waals surface area (Å²) in [6.45, 7) is 2.63. The first-order chi connectivity index (χ1) is 11.6. The van der Waals surface area contributed by atoms with Gasteiger partial charge in [-0.15, -0.1) is 0 Å². The maximum absolute atomic E-state index is 12.6.